The number of rotatable bonds is 4. The number of carbonyl (C=O) groups excluding carboxylic acids is 2. The second kappa shape index (κ2) is 8.00. The van der Waals surface area contributed by atoms with Crippen molar-refractivity contribution in [3.63, 3.8) is 0 Å². The monoisotopic (exact) mass is 434 g/mol. The van der Waals surface area contributed by atoms with Crippen LogP contribution in [0.5, 0.6) is 0 Å². The van der Waals surface area contributed by atoms with Crippen LogP contribution in [-0.2, 0) is 9.59 Å². The molecule has 0 fully saturated rings. The van der Waals surface area contributed by atoms with E-state index in [1.165, 1.54) is 12.1 Å². The van der Waals surface area contributed by atoms with Gasteiger partial charge in [-0.25, -0.2) is 9.29 Å². The van der Waals surface area contributed by atoms with E-state index in [0.29, 0.717) is 11.3 Å². The van der Waals surface area contributed by atoms with E-state index < -0.39 is 17.6 Å². The van der Waals surface area contributed by atoms with Crippen molar-refractivity contribution in [3.05, 3.63) is 99.5 Å². The van der Waals surface area contributed by atoms with Gasteiger partial charge in [-0.2, -0.15) is 0 Å². The third-order valence-electron chi connectivity index (χ3n) is 5.36. The lowest BCUT2D eigenvalue weighted by Gasteiger charge is -2.16. The van der Waals surface area contributed by atoms with Crippen molar-refractivity contribution < 1.29 is 14.0 Å². The van der Waals surface area contributed by atoms with Gasteiger partial charge < -0.3 is 5.32 Å². The number of carbonyl (C=O) groups is 2. The van der Waals surface area contributed by atoms with E-state index in [0.717, 1.165) is 27.7 Å². The van der Waals surface area contributed by atoms with Crippen LogP contribution in [0.4, 0.5) is 15.8 Å². The summed E-state index contributed by atoms with van der Waals surface area (Å²) in [5.41, 5.74) is 5.15. The van der Waals surface area contributed by atoms with E-state index >= 15 is 0 Å². The fraction of sp³-hybridized carbons (Fsp3) is 0.120. The molecule has 1 N–H and O–H groups in total. The van der Waals surface area contributed by atoms with Gasteiger partial charge in [0.2, 0.25) is 0 Å². The van der Waals surface area contributed by atoms with E-state index in [2.05, 4.69) is 5.32 Å². The Morgan fingerprint density at radius 1 is 0.839 bits per heavy atom. The van der Waals surface area contributed by atoms with Crippen molar-refractivity contribution in [3.8, 4) is 0 Å². The summed E-state index contributed by atoms with van der Waals surface area (Å²) in [6.07, 6.45) is 0. The van der Waals surface area contributed by atoms with E-state index in [1.807, 2.05) is 51.1 Å². The maximum Gasteiger partial charge on any atom is 0.282 e. The Balaban J connectivity index is 1.83. The number of hydrogen-bond acceptors (Lipinski definition) is 3. The Labute approximate surface area is 185 Å². The van der Waals surface area contributed by atoms with Gasteiger partial charge in [-0.3, -0.25) is 9.59 Å². The fourth-order valence-electron chi connectivity index (χ4n) is 3.46. The maximum absolute atomic E-state index is 13.7. The zero-order valence-corrected chi connectivity index (χ0v) is 18.0. The predicted octanol–water partition coefficient (Wildman–Crippen LogP) is 5.80. The summed E-state index contributed by atoms with van der Waals surface area (Å²) in [5.74, 6) is -1.64. The Hall–Kier alpha value is -3.44. The van der Waals surface area contributed by atoms with Crippen LogP contribution >= 0.6 is 11.6 Å². The van der Waals surface area contributed by atoms with Crippen molar-refractivity contribution >= 4 is 40.4 Å². The number of halogens is 2. The normalized spacial score (nSPS) is 13.9. The van der Waals surface area contributed by atoms with Gasteiger partial charge in [0.15, 0.2) is 0 Å². The molecular weight excluding hydrogens is 415 g/mol. The molecule has 0 atom stereocenters. The minimum atomic E-state index is -0.621. The molecule has 4 nitrogen and oxygen atoms in total. The van der Waals surface area contributed by atoms with Gasteiger partial charge in [-0.05, 0) is 67.8 Å². The van der Waals surface area contributed by atoms with Crippen LogP contribution in [0.15, 0.2) is 66.4 Å². The number of nitrogens with zero attached hydrogens (tertiary/aromatic N) is 1. The van der Waals surface area contributed by atoms with Crippen molar-refractivity contribution in [1.82, 2.24) is 0 Å². The Morgan fingerprint density at radius 3 is 2.19 bits per heavy atom. The molecule has 0 bridgehead atoms. The van der Waals surface area contributed by atoms with Crippen LogP contribution < -0.4 is 10.2 Å². The molecule has 4 rings (SSSR count). The molecule has 0 saturated carbocycles. The molecule has 0 aromatic heterocycles. The topological polar surface area (TPSA) is 49.4 Å². The highest BCUT2D eigenvalue weighted by molar-refractivity contribution is 6.46. The van der Waals surface area contributed by atoms with Crippen molar-refractivity contribution in [1.29, 1.82) is 0 Å². The molecule has 1 aliphatic heterocycles. The van der Waals surface area contributed by atoms with E-state index in [-0.39, 0.29) is 22.0 Å². The SMILES string of the molecule is Cc1ccc(C2=C(Nc3ccc(C)c(C)c3)C(=O)N(c3ccc(F)c(Cl)c3)C2=O)cc1. The quantitative estimate of drug-likeness (QED) is 0.528. The van der Waals surface area contributed by atoms with Crippen LogP contribution in [0.3, 0.4) is 0 Å². The number of imide groups is 1. The first-order valence-corrected chi connectivity index (χ1v) is 10.1. The third-order valence-corrected chi connectivity index (χ3v) is 5.65. The van der Waals surface area contributed by atoms with Gasteiger partial charge in [0.1, 0.15) is 11.5 Å². The lowest BCUT2D eigenvalue weighted by atomic mass is 10.0. The molecule has 0 aliphatic carbocycles. The van der Waals surface area contributed by atoms with Gasteiger partial charge in [-0.1, -0.05) is 47.5 Å². The zero-order chi connectivity index (χ0) is 22.3. The highest BCUT2D eigenvalue weighted by Gasteiger charge is 2.40. The summed E-state index contributed by atoms with van der Waals surface area (Å²) in [6.45, 7) is 5.92. The Morgan fingerprint density at radius 2 is 1.55 bits per heavy atom. The first-order chi connectivity index (χ1) is 14.8. The van der Waals surface area contributed by atoms with Crippen LogP contribution in [-0.4, -0.2) is 11.8 Å². The number of aryl methyl sites for hydroxylation is 3. The first-order valence-electron chi connectivity index (χ1n) is 9.75. The van der Waals surface area contributed by atoms with Gasteiger partial charge in [-0.15, -0.1) is 0 Å². The summed E-state index contributed by atoms with van der Waals surface area (Å²) in [7, 11) is 0. The summed E-state index contributed by atoms with van der Waals surface area (Å²) >= 11 is 5.90. The Bertz CT molecular complexity index is 1250. The number of nitrogens with one attached hydrogen (secondary N) is 1. The molecule has 0 radical (unpaired) electrons. The summed E-state index contributed by atoms with van der Waals surface area (Å²) in [6, 6.07) is 16.9. The zero-order valence-electron chi connectivity index (χ0n) is 17.3. The van der Waals surface area contributed by atoms with E-state index in [9.17, 15) is 14.0 Å². The minimum absolute atomic E-state index is 0.162. The lowest BCUT2D eigenvalue weighted by molar-refractivity contribution is -0.120. The highest BCUT2D eigenvalue weighted by Crippen LogP contribution is 2.35. The lowest BCUT2D eigenvalue weighted by Crippen LogP contribution is -2.32. The van der Waals surface area contributed by atoms with Gasteiger partial charge in [0.05, 0.1) is 16.3 Å². The molecule has 3 aromatic rings. The van der Waals surface area contributed by atoms with E-state index in [4.69, 9.17) is 11.6 Å². The molecule has 31 heavy (non-hydrogen) atoms. The third kappa shape index (κ3) is 3.84. The molecule has 6 heteroatoms. The van der Waals surface area contributed by atoms with Crippen LogP contribution in [0, 0.1) is 26.6 Å². The molecule has 1 heterocycles. The summed E-state index contributed by atoms with van der Waals surface area (Å²) in [5, 5.41) is 2.98. The predicted molar refractivity (Wildman–Crippen MR) is 122 cm³/mol. The number of hydrogen-bond donors (Lipinski definition) is 1. The average molecular weight is 435 g/mol. The molecule has 0 saturated heterocycles. The largest absolute Gasteiger partial charge is 0.350 e. The van der Waals surface area contributed by atoms with Crippen molar-refractivity contribution in [2.45, 2.75) is 20.8 Å². The van der Waals surface area contributed by atoms with Gasteiger partial charge in [0.25, 0.3) is 11.8 Å². The van der Waals surface area contributed by atoms with Crippen LogP contribution in [0.1, 0.15) is 22.3 Å². The minimum Gasteiger partial charge on any atom is -0.350 e. The second-order valence-corrected chi connectivity index (χ2v) is 7.99. The van der Waals surface area contributed by atoms with Crippen LogP contribution in [0.2, 0.25) is 5.02 Å². The molecule has 2 amide bonds. The molecule has 0 unspecified atom stereocenters. The van der Waals surface area contributed by atoms with Gasteiger partial charge in [0, 0.05) is 5.69 Å². The maximum atomic E-state index is 13.7. The first kappa shape index (κ1) is 20.8. The molecule has 1 aliphatic rings. The smallest absolute Gasteiger partial charge is 0.282 e. The molecular formula is C25H20ClFN2O2. The summed E-state index contributed by atoms with van der Waals surface area (Å²) in [4.78, 5) is 27.8. The van der Waals surface area contributed by atoms with E-state index in [1.54, 1.807) is 12.1 Å². The molecule has 156 valence electrons. The number of anilines is 2. The standard InChI is InChI=1S/C25H20ClFN2O2/c1-14-4-7-17(8-5-14)22-23(28-18-9-6-15(2)16(3)12-18)25(31)29(24(22)30)19-10-11-21(27)20(26)13-19/h4-13,28H,1-3H3. The summed E-state index contributed by atoms with van der Waals surface area (Å²) < 4.78 is 13.7. The average Bonchev–Trinajstić information content (AvgIpc) is 2.97. The highest BCUT2D eigenvalue weighted by atomic mass is 35.5. The van der Waals surface area contributed by atoms with Gasteiger partial charge >= 0.3 is 0 Å². The second-order valence-electron chi connectivity index (χ2n) is 7.58. The number of amides is 2. The molecule has 3 aromatic carbocycles. The van der Waals surface area contributed by atoms with Crippen molar-refractivity contribution in [2.75, 3.05) is 10.2 Å². The molecule has 0 spiro atoms. The fourth-order valence-corrected chi connectivity index (χ4v) is 3.63. The number of benzene rings is 3. The van der Waals surface area contributed by atoms with Crippen molar-refractivity contribution in [2.24, 2.45) is 0 Å². The van der Waals surface area contributed by atoms with Crippen LogP contribution in [0.25, 0.3) is 5.57 Å². The Kier molecular flexibility index (Phi) is 5.38.